The third kappa shape index (κ3) is 2.23. The molecule has 0 spiro atoms. The quantitative estimate of drug-likeness (QED) is 0.231. The predicted molar refractivity (Wildman–Crippen MR) is 43.6 cm³/mol. The molecule has 10 heavy (non-hydrogen) atoms. The average molecular weight is 144 g/mol. The Morgan fingerprint density at radius 2 is 2.10 bits per heavy atom. The van der Waals surface area contributed by atoms with E-state index in [0.29, 0.717) is 12.0 Å². The standard InChI is InChI=1S/C6H16N4/c1-5(2)10(4)6(8-3)9-7/h5H,7H2,1-4H3,(H,8,9). The van der Waals surface area contributed by atoms with E-state index in [1.807, 2.05) is 11.9 Å². The van der Waals surface area contributed by atoms with E-state index >= 15 is 0 Å². The topological polar surface area (TPSA) is 53.6 Å². The molecular formula is C6H16N4. The zero-order valence-corrected chi connectivity index (χ0v) is 7.05. The van der Waals surface area contributed by atoms with Crippen LogP contribution in [-0.4, -0.2) is 31.0 Å². The van der Waals surface area contributed by atoms with Gasteiger partial charge in [0.15, 0.2) is 0 Å². The number of hydrogen-bond acceptors (Lipinski definition) is 2. The third-order valence-electron chi connectivity index (χ3n) is 1.45. The van der Waals surface area contributed by atoms with Gasteiger partial charge in [-0.3, -0.25) is 10.4 Å². The molecular weight excluding hydrogens is 128 g/mol. The molecule has 0 radical (unpaired) electrons. The molecule has 0 unspecified atom stereocenters. The number of guanidine groups is 1. The maximum absolute atomic E-state index is 5.20. The fraction of sp³-hybridized carbons (Fsp3) is 0.833. The molecule has 0 heterocycles. The van der Waals surface area contributed by atoms with Gasteiger partial charge in [-0.05, 0) is 13.8 Å². The summed E-state index contributed by atoms with van der Waals surface area (Å²) in [5.41, 5.74) is 2.51. The minimum absolute atomic E-state index is 0.412. The van der Waals surface area contributed by atoms with Crippen LogP contribution in [0.15, 0.2) is 4.99 Å². The van der Waals surface area contributed by atoms with Crippen LogP contribution in [0, 0.1) is 0 Å². The van der Waals surface area contributed by atoms with Gasteiger partial charge in [-0.25, -0.2) is 5.84 Å². The number of hydrazine groups is 1. The molecule has 0 fully saturated rings. The van der Waals surface area contributed by atoms with Crippen molar-refractivity contribution in [3.05, 3.63) is 0 Å². The summed E-state index contributed by atoms with van der Waals surface area (Å²) in [6.07, 6.45) is 0. The Labute approximate surface area is 62.1 Å². The molecule has 4 heteroatoms. The number of hydrogen-bond donors (Lipinski definition) is 2. The van der Waals surface area contributed by atoms with Gasteiger partial charge in [0.2, 0.25) is 5.96 Å². The van der Waals surface area contributed by atoms with Crippen LogP contribution in [0.2, 0.25) is 0 Å². The first kappa shape index (κ1) is 9.23. The van der Waals surface area contributed by atoms with Crippen molar-refractivity contribution in [2.24, 2.45) is 10.8 Å². The van der Waals surface area contributed by atoms with Crippen LogP contribution in [0.4, 0.5) is 0 Å². The molecule has 0 aliphatic rings. The molecule has 0 amide bonds. The lowest BCUT2D eigenvalue weighted by atomic mass is 10.4. The van der Waals surface area contributed by atoms with Crippen molar-refractivity contribution in [1.82, 2.24) is 10.3 Å². The van der Waals surface area contributed by atoms with Gasteiger partial charge in [-0.15, -0.1) is 0 Å². The number of nitrogens with two attached hydrogens (primary N) is 1. The minimum Gasteiger partial charge on any atom is -0.343 e. The monoisotopic (exact) mass is 144 g/mol. The van der Waals surface area contributed by atoms with Crippen LogP contribution >= 0.6 is 0 Å². The second-order valence-electron chi connectivity index (χ2n) is 2.40. The summed E-state index contributed by atoms with van der Waals surface area (Å²) < 4.78 is 0. The lowest BCUT2D eigenvalue weighted by Gasteiger charge is -2.23. The molecule has 60 valence electrons. The summed E-state index contributed by atoms with van der Waals surface area (Å²) in [6.45, 7) is 4.14. The molecule has 0 saturated carbocycles. The van der Waals surface area contributed by atoms with Crippen LogP contribution in [0.3, 0.4) is 0 Å². The van der Waals surface area contributed by atoms with Crippen LogP contribution in [-0.2, 0) is 0 Å². The summed E-state index contributed by atoms with van der Waals surface area (Å²) in [4.78, 5) is 5.89. The average Bonchev–Trinajstić information content (AvgIpc) is 1.90. The second kappa shape index (κ2) is 4.11. The number of rotatable bonds is 1. The molecule has 4 nitrogen and oxygen atoms in total. The molecule has 0 bridgehead atoms. The molecule has 0 aliphatic carbocycles. The van der Waals surface area contributed by atoms with Crippen LogP contribution in [0.25, 0.3) is 0 Å². The van der Waals surface area contributed by atoms with E-state index in [0.717, 1.165) is 0 Å². The van der Waals surface area contributed by atoms with Gasteiger partial charge in [0, 0.05) is 20.1 Å². The summed E-state index contributed by atoms with van der Waals surface area (Å²) >= 11 is 0. The smallest absolute Gasteiger partial charge is 0.208 e. The second-order valence-corrected chi connectivity index (χ2v) is 2.40. The minimum atomic E-state index is 0.412. The molecule has 0 aromatic carbocycles. The third-order valence-corrected chi connectivity index (χ3v) is 1.45. The van der Waals surface area contributed by atoms with Gasteiger partial charge in [0.25, 0.3) is 0 Å². The zero-order valence-electron chi connectivity index (χ0n) is 7.05. The molecule has 0 rings (SSSR count). The van der Waals surface area contributed by atoms with Gasteiger partial charge in [-0.1, -0.05) is 0 Å². The highest BCUT2D eigenvalue weighted by molar-refractivity contribution is 5.79. The predicted octanol–water partition coefficient (Wildman–Crippen LogP) is -0.224. The molecule has 0 saturated heterocycles. The summed E-state index contributed by atoms with van der Waals surface area (Å²) in [6, 6.07) is 0.412. The summed E-state index contributed by atoms with van der Waals surface area (Å²) in [5, 5.41) is 0. The van der Waals surface area contributed by atoms with Gasteiger partial charge in [0.05, 0.1) is 0 Å². The van der Waals surface area contributed by atoms with Crippen molar-refractivity contribution in [2.45, 2.75) is 19.9 Å². The molecule has 0 atom stereocenters. The largest absolute Gasteiger partial charge is 0.343 e. The normalized spacial score (nSPS) is 12.0. The van der Waals surface area contributed by atoms with Crippen molar-refractivity contribution in [1.29, 1.82) is 0 Å². The van der Waals surface area contributed by atoms with Crippen LogP contribution in [0.1, 0.15) is 13.8 Å². The molecule has 0 aromatic rings. The highest BCUT2D eigenvalue weighted by atomic mass is 15.4. The van der Waals surface area contributed by atoms with Gasteiger partial charge < -0.3 is 4.90 Å². The number of aliphatic imine (C=N–C) groups is 1. The maximum atomic E-state index is 5.20. The van der Waals surface area contributed by atoms with Crippen molar-refractivity contribution in [2.75, 3.05) is 14.1 Å². The summed E-state index contributed by atoms with van der Waals surface area (Å²) in [7, 11) is 3.64. The van der Waals surface area contributed by atoms with E-state index < -0.39 is 0 Å². The number of nitrogens with one attached hydrogen (secondary N) is 1. The van der Waals surface area contributed by atoms with E-state index in [9.17, 15) is 0 Å². The van der Waals surface area contributed by atoms with Gasteiger partial charge >= 0.3 is 0 Å². The Morgan fingerprint density at radius 3 is 2.20 bits per heavy atom. The Hall–Kier alpha value is -0.770. The number of nitrogens with zero attached hydrogens (tertiary/aromatic N) is 2. The fourth-order valence-corrected chi connectivity index (χ4v) is 0.569. The van der Waals surface area contributed by atoms with E-state index in [2.05, 4.69) is 24.3 Å². The van der Waals surface area contributed by atoms with E-state index in [1.54, 1.807) is 7.05 Å². The SMILES string of the molecule is CN=C(NN)N(C)C(C)C. The Kier molecular flexibility index (Phi) is 3.79. The van der Waals surface area contributed by atoms with E-state index in [-0.39, 0.29) is 0 Å². The van der Waals surface area contributed by atoms with E-state index in [1.165, 1.54) is 0 Å². The fourth-order valence-electron chi connectivity index (χ4n) is 0.569. The van der Waals surface area contributed by atoms with Crippen molar-refractivity contribution < 1.29 is 0 Å². The Balaban J connectivity index is 4.03. The molecule has 0 aliphatic heterocycles. The van der Waals surface area contributed by atoms with Gasteiger partial charge in [-0.2, -0.15) is 0 Å². The highest BCUT2D eigenvalue weighted by Gasteiger charge is 2.05. The molecule has 0 aromatic heterocycles. The van der Waals surface area contributed by atoms with Gasteiger partial charge in [0.1, 0.15) is 0 Å². The van der Waals surface area contributed by atoms with E-state index in [4.69, 9.17) is 5.84 Å². The first-order chi connectivity index (χ1) is 4.63. The Morgan fingerprint density at radius 1 is 1.60 bits per heavy atom. The van der Waals surface area contributed by atoms with Crippen molar-refractivity contribution in [3.8, 4) is 0 Å². The Bertz CT molecular complexity index is 119. The van der Waals surface area contributed by atoms with Crippen LogP contribution < -0.4 is 11.3 Å². The van der Waals surface area contributed by atoms with Crippen LogP contribution in [0.5, 0.6) is 0 Å². The zero-order chi connectivity index (χ0) is 8.15. The van der Waals surface area contributed by atoms with Crippen molar-refractivity contribution >= 4 is 5.96 Å². The summed E-state index contributed by atoms with van der Waals surface area (Å²) in [5.74, 6) is 5.90. The molecule has 3 N–H and O–H groups in total. The first-order valence-corrected chi connectivity index (χ1v) is 3.29. The van der Waals surface area contributed by atoms with Crippen molar-refractivity contribution in [3.63, 3.8) is 0 Å². The lowest BCUT2D eigenvalue weighted by Crippen LogP contribution is -2.45. The first-order valence-electron chi connectivity index (χ1n) is 3.29. The lowest BCUT2D eigenvalue weighted by molar-refractivity contribution is 0.402. The maximum Gasteiger partial charge on any atom is 0.208 e. The highest BCUT2D eigenvalue weighted by Crippen LogP contribution is 1.92.